The van der Waals surface area contributed by atoms with Crippen LogP contribution in [0, 0.1) is 5.82 Å². The summed E-state index contributed by atoms with van der Waals surface area (Å²) in [5.41, 5.74) is 4.48. The van der Waals surface area contributed by atoms with Crippen LogP contribution in [0.5, 0.6) is 0 Å². The zero-order valence-electron chi connectivity index (χ0n) is 15.9. The van der Waals surface area contributed by atoms with Crippen LogP contribution in [0.15, 0.2) is 72.9 Å². The third kappa shape index (κ3) is 3.64. The van der Waals surface area contributed by atoms with Gasteiger partial charge in [0.25, 0.3) is 0 Å². The summed E-state index contributed by atoms with van der Waals surface area (Å²) in [6.45, 7) is 0. The molecule has 0 fully saturated rings. The molecule has 0 aliphatic carbocycles. The molecule has 2 N–H and O–H groups in total. The van der Waals surface area contributed by atoms with Gasteiger partial charge in [-0.05, 0) is 35.9 Å². The van der Waals surface area contributed by atoms with Gasteiger partial charge in [-0.15, -0.1) is 0 Å². The molecule has 0 radical (unpaired) electrons. The maximum atomic E-state index is 14.0. The molecule has 5 rings (SSSR count). The lowest BCUT2D eigenvalue weighted by Crippen LogP contribution is -3.00. The van der Waals surface area contributed by atoms with Gasteiger partial charge < -0.3 is 17.4 Å². The van der Waals surface area contributed by atoms with Crippen LogP contribution in [-0.4, -0.2) is 11.2 Å². The van der Waals surface area contributed by atoms with E-state index >= 15 is 0 Å². The topological polar surface area (TPSA) is 29.8 Å². The molecule has 0 atom stereocenters. The summed E-state index contributed by atoms with van der Waals surface area (Å²) >= 11 is 0. The fraction of sp³-hybridized carbons (Fsp3) is 0.0417. The maximum absolute atomic E-state index is 14.0. The Kier molecular flexibility index (Phi) is 5.19. The second kappa shape index (κ2) is 7.71. The van der Waals surface area contributed by atoms with Crippen LogP contribution in [0.1, 0.15) is 22.3 Å². The Balaban J connectivity index is 0.00000231. The molecule has 1 aromatic heterocycles. The van der Waals surface area contributed by atoms with E-state index < -0.39 is 11.7 Å². The van der Waals surface area contributed by atoms with Gasteiger partial charge in [0.15, 0.2) is 6.21 Å². The first-order chi connectivity index (χ1) is 14.4. The van der Waals surface area contributed by atoms with Crippen LogP contribution in [0.3, 0.4) is 0 Å². The normalized spacial score (nSPS) is 14.5. The summed E-state index contributed by atoms with van der Waals surface area (Å²) in [6, 6.07) is 17.2. The number of aromatic amines is 1. The number of halogens is 5. The SMILES string of the molecule is Fc1ccc2c(c1)C(=C(c1ccc(C(F)(F)F)cc1)c1c[nH]c3ccccc13)C=[NH+]2.[Cl-]. The second-order valence-electron chi connectivity index (χ2n) is 7.09. The van der Waals surface area contributed by atoms with Crippen molar-refractivity contribution in [3.05, 3.63) is 101 Å². The van der Waals surface area contributed by atoms with Gasteiger partial charge in [0.1, 0.15) is 5.82 Å². The summed E-state index contributed by atoms with van der Waals surface area (Å²) in [6.07, 6.45) is -0.821. The average Bonchev–Trinajstić information content (AvgIpc) is 3.33. The monoisotopic (exact) mass is 442 g/mol. The number of H-pyrrole nitrogens is 1. The van der Waals surface area contributed by atoms with Crippen molar-refractivity contribution in [3.8, 4) is 0 Å². The smallest absolute Gasteiger partial charge is 0.416 e. The van der Waals surface area contributed by atoms with Crippen LogP contribution < -0.4 is 17.4 Å². The molecule has 0 bridgehead atoms. The van der Waals surface area contributed by atoms with E-state index in [0.717, 1.165) is 39.9 Å². The molecule has 0 amide bonds. The number of hydrogen-bond acceptors (Lipinski definition) is 0. The van der Waals surface area contributed by atoms with Gasteiger partial charge in [0.05, 0.1) is 16.7 Å². The number of benzene rings is 3. The standard InChI is InChI=1S/C24H14F4N2.ClH/c25-16-9-10-22-18(11-16)20(13-30-22)23(14-5-7-15(8-6-14)24(26,27)28)19-12-29-21-4-2-1-3-17(19)21;/h1-13,29H;1H. The van der Waals surface area contributed by atoms with Gasteiger partial charge in [-0.2, -0.15) is 13.2 Å². The minimum Gasteiger partial charge on any atom is -1.00 e. The number of allylic oxidation sites excluding steroid dienone is 1. The van der Waals surface area contributed by atoms with Crippen LogP contribution in [0.4, 0.5) is 23.2 Å². The van der Waals surface area contributed by atoms with E-state index in [0.29, 0.717) is 16.7 Å². The molecule has 1 aliphatic rings. The van der Waals surface area contributed by atoms with E-state index in [-0.39, 0.29) is 18.2 Å². The summed E-state index contributed by atoms with van der Waals surface area (Å²) in [5, 5.41) is 0.929. The Labute approximate surface area is 181 Å². The lowest BCUT2D eigenvalue weighted by atomic mass is 9.89. The number of rotatable bonds is 2. The minimum absolute atomic E-state index is 0. The first-order valence-corrected chi connectivity index (χ1v) is 9.30. The van der Waals surface area contributed by atoms with Crippen LogP contribution in [0.25, 0.3) is 22.0 Å². The highest BCUT2D eigenvalue weighted by molar-refractivity contribution is 6.24. The highest BCUT2D eigenvalue weighted by atomic mass is 35.5. The Morgan fingerprint density at radius 3 is 2.39 bits per heavy atom. The Morgan fingerprint density at radius 2 is 1.65 bits per heavy atom. The van der Waals surface area contributed by atoms with E-state index in [1.807, 2.05) is 30.5 Å². The van der Waals surface area contributed by atoms with Crippen molar-refractivity contribution >= 4 is 34.0 Å². The van der Waals surface area contributed by atoms with Crippen molar-refractivity contribution in [1.29, 1.82) is 0 Å². The largest absolute Gasteiger partial charge is 1.00 e. The molecule has 4 aromatic rings. The molecule has 0 saturated heterocycles. The average molecular weight is 443 g/mol. The lowest BCUT2D eigenvalue weighted by molar-refractivity contribution is -0.342. The lowest BCUT2D eigenvalue weighted by Gasteiger charge is -2.12. The first-order valence-electron chi connectivity index (χ1n) is 9.30. The van der Waals surface area contributed by atoms with Crippen LogP contribution >= 0.6 is 0 Å². The Hall–Kier alpha value is -3.38. The van der Waals surface area contributed by atoms with Crippen molar-refractivity contribution < 1.29 is 35.0 Å². The molecular weight excluding hydrogens is 428 g/mol. The number of hydrogen-bond donors (Lipinski definition) is 2. The Bertz CT molecular complexity index is 1330. The number of fused-ring (bicyclic) bond motifs is 2. The molecule has 3 aromatic carbocycles. The fourth-order valence-electron chi connectivity index (χ4n) is 3.86. The molecule has 2 nitrogen and oxygen atoms in total. The molecule has 156 valence electrons. The molecule has 31 heavy (non-hydrogen) atoms. The summed E-state index contributed by atoms with van der Waals surface area (Å²) < 4.78 is 53.2. The zero-order chi connectivity index (χ0) is 20.9. The van der Waals surface area contributed by atoms with Gasteiger partial charge >= 0.3 is 6.18 Å². The maximum Gasteiger partial charge on any atom is 0.416 e. The number of alkyl halides is 3. The highest BCUT2D eigenvalue weighted by Gasteiger charge is 2.31. The number of aromatic nitrogens is 1. The minimum atomic E-state index is -4.41. The molecule has 0 saturated carbocycles. The first kappa shape index (κ1) is 20.9. The zero-order valence-corrected chi connectivity index (χ0v) is 16.7. The van der Waals surface area contributed by atoms with E-state index in [1.54, 1.807) is 12.3 Å². The van der Waals surface area contributed by atoms with Crippen molar-refractivity contribution in [3.63, 3.8) is 0 Å². The fourth-order valence-corrected chi connectivity index (χ4v) is 3.86. The van der Waals surface area contributed by atoms with E-state index in [1.165, 1.54) is 24.3 Å². The summed E-state index contributed by atoms with van der Waals surface area (Å²) in [4.78, 5) is 6.34. The third-order valence-corrected chi connectivity index (χ3v) is 5.27. The van der Waals surface area contributed by atoms with E-state index in [4.69, 9.17) is 0 Å². The van der Waals surface area contributed by atoms with Crippen molar-refractivity contribution in [2.45, 2.75) is 6.18 Å². The van der Waals surface area contributed by atoms with Gasteiger partial charge in [0.2, 0.25) is 5.69 Å². The molecular formula is C24H15ClF4N2. The highest BCUT2D eigenvalue weighted by Crippen LogP contribution is 2.39. The van der Waals surface area contributed by atoms with E-state index in [9.17, 15) is 17.6 Å². The van der Waals surface area contributed by atoms with Crippen LogP contribution in [0.2, 0.25) is 0 Å². The number of nitrogens with one attached hydrogen (secondary N) is 2. The van der Waals surface area contributed by atoms with Gasteiger partial charge in [-0.1, -0.05) is 30.3 Å². The molecule has 1 aliphatic heterocycles. The summed E-state index contributed by atoms with van der Waals surface area (Å²) in [7, 11) is 0. The van der Waals surface area contributed by atoms with Crippen molar-refractivity contribution in [2.24, 2.45) is 0 Å². The predicted molar refractivity (Wildman–Crippen MR) is 109 cm³/mol. The predicted octanol–water partition coefficient (Wildman–Crippen LogP) is 2.09. The number of para-hydroxylation sites is 1. The van der Waals surface area contributed by atoms with Gasteiger partial charge in [0, 0.05) is 34.3 Å². The Morgan fingerprint density at radius 1 is 0.903 bits per heavy atom. The summed E-state index contributed by atoms with van der Waals surface area (Å²) in [5.74, 6) is -0.381. The quantitative estimate of drug-likeness (QED) is 0.445. The molecule has 7 heteroatoms. The molecule has 0 unspecified atom stereocenters. The van der Waals surface area contributed by atoms with Crippen molar-refractivity contribution in [1.82, 2.24) is 4.98 Å². The third-order valence-electron chi connectivity index (χ3n) is 5.27. The van der Waals surface area contributed by atoms with Crippen molar-refractivity contribution in [2.75, 3.05) is 0 Å². The molecule has 0 spiro atoms. The molecule has 2 heterocycles. The van der Waals surface area contributed by atoms with Gasteiger partial charge in [-0.3, -0.25) is 0 Å². The second-order valence-corrected chi connectivity index (χ2v) is 7.09. The van der Waals surface area contributed by atoms with Crippen LogP contribution in [-0.2, 0) is 6.18 Å². The van der Waals surface area contributed by atoms with E-state index in [2.05, 4.69) is 9.98 Å². The van der Waals surface area contributed by atoms with Gasteiger partial charge in [-0.25, -0.2) is 9.38 Å².